The smallest absolute Gasteiger partial charge is 0.382 e. The first-order chi connectivity index (χ1) is 11.9. The Kier molecular flexibility index (Phi) is 6.83. The lowest BCUT2D eigenvalue weighted by molar-refractivity contribution is -0.514. The second-order valence-electron chi connectivity index (χ2n) is 5.24. The van der Waals surface area contributed by atoms with Gasteiger partial charge in [-0.1, -0.05) is 34.1 Å². The van der Waals surface area contributed by atoms with E-state index in [0.29, 0.717) is 10.4 Å². The number of Topliss-reactive ketones (excluding diaryl/α,β-unsaturated/α-hetero) is 1. The quantitative estimate of drug-likeness (QED) is 0.275. The topological polar surface area (TPSA) is 86.5 Å². The number of nitro groups is 1. The average molecular weight is 426 g/mol. The monoisotopic (exact) mass is 425 g/mol. The van der Waals surface area contributed by atoms with Gasteiger partial charge in [-0.2, -0.15) is 0 Å². The number of ether oxygens (including phenoxy) is 1. The molecule has 0 bridgehead atoms. The summed E-state index contributed by atoms with van der Waals surface area (Å²) in [7, 11) is 0. The number of rotatable bonds is 8. The average Bonchev–Trinajstić information content (AvgIpc) is 3.09. The molecule has 132 valence electrons. The number of thiophene rings is 1. The van der Waals surface area contributed by atoms with Gasteiger partial charge in [-0.3, -0.25) is 14.9 Å². The fourth-order valence-electron chi connectivity index (χ4n) is 2.48. The Morgan fingerprint density at radius 2 is 1.96 bits per heavy atom. The molecule has 0 aliphatic carbocycles. The second kappa shape index (κ2) is 8.87. The fraction of sp³-hybridized carbons (Fsp3) is 0.294. The molecule has 0 amide bonds. The van der Waals surface area contributed by atoms with Crippen molar-refractivity contribution in [2.75, 3.05) is 6.61 Å². The van der Waals surface area contributed by atoms with E-state index in [2.05, 4.69) is 15.9 Å². The molecule has 0 fully saturated rings. The van der Waals surface area contributed by atoms with Crippen LogP contribution in [0.2, 0.25) is 0 Å². The Labute approximate surface area is 157 Å². The van der Waals surface area contributed by atoms with Crippen LogP contribution >= 0.6 is 27.3 Å². The van der Waals surface area contributed by atoms with Gasteiger partial charge in [-0.15, -0.1) is 11.3 Å². The summed E-state index contributed by atoms with van der Waals surface area (Å²) in [5, 5.41) is 13.3. The van der Waals surface area contributed by atoms with Crippen molar-refractivity contribution in [3.8, 4) is 0 Å². The summed E-state index contributed by atoms with van der Waals surface area (Å²) in [6, 6.07) is 8.56. The number of carbonyl (C=O) groups excluding carboxylic acids is 2. The Morgan fingerprint density at radius 3 is 2.48 bits per heavy atom. The zero-order valence-electron chi connectivity index (χ0n) is 13.4. The maximum absolute atomic E-state index is 12.5. The molecule has 0 aliphatic rings. The molecule has 6 nitrogen and oxygen atoms in total. The summed E-state index contributed by atoms with van der Waals surface area (Å²) in [5.41, 5.74) is 0.544. The normalized spacial score (nSPS) is 13.0. The van der Waals surface area contributed by atoms with Crippen molar-refractivity contribution in [3.63, 3.8) is 0 Å². The van der Waals surface area contributed by atoms with Gasteiger partial charge < -0.3 is 4.74 Å². The van der Waals surface area contributed by atoms with Crippen molar-refractivity contribution < 1.29 is 19.2 Å². The summed E-state index contributed by atoms with van der Waals surface area (Å²) >= 11 is 4.57. The number of hydrogen-bond donors (Lipinski definition) is 0. The largest absolute Gasteiger partial charge is 0.461 e. The van der Waals surface area contributed by atoms with E-state index in [1.807, 2.05) is 0 Å². The number of benzene rings is 1. The third-order valence-electron chi connectivity index (χ3n) is 3.64. The molecule has 2 atom stereocenters. The van der Waals surface area contributed by atoms with Crippen molar-refractivity contribution in [1.82, 2.24) is 0 Å². The summed E-state index contributed by atoms with van der Waals surface area (Å²) in [6.45, 7) is 1.62. The molecule has 0 radical (unpaired) electrons. The number of nitrogens with zero attached hydrogens (tertiary/aromatic N) is 1. The fourth-order valence-corrected chi connectivity index (χ4v) is 3.42. The number of esters is 1. The van der Waals surface area contributed by atoms with Gasteiger partial charge in [0.1, 0.15) is 0 Å². The van der Waals surface area contributed by atoms with Crippen LogP contribution in [0.4, 0.5) is 0 Å². The SMILES string of the molecule is CCOC(=O)C(C(CC(=O)c1cccs1)c1ccc(Br)cc1)[N+](=O)[O-]. The zero-order chi connectivity index (χ0) is 18.4. The van der Waals surface area contributed by atoms with E-state index >= 15 is 0 Å². The van der Waals surface area contributed by atoms with Crippen LogP contribution in [0.15, 0.2) is 46.3 Å². The maximum atomic E-state index is 12.5. The molecular weight excluding hydrogens is 410 g/mol. The first-order valence-corrected chi connectivity index (χ1v) is 9.23. The van der Waals surface area contributed by atoms with Gasteiger partial charge >= 0.3 is 12.0 Å². The lowest BCUT2D eigenvalue weighted by atomic mass is 9.87. The van der Waals surface area contributed by atoms with Crippen LogP contribution in [0.25, 0.3) is 0 Å². The minimum atomic E-state index is -1.63. The van der Waals surface area contributed by atoms with Crippen LogP contribution in [0.1, 0.15) is 34.5 Å². The Bertz CT molecular complexity index is 745. The third kappa shape index (κ3) is 4.96. The molecule has 0 N–H and O–H groups in total. The molecule has 0 saturated carbocycles. The Hall–Kier alpha value is -2.06. The van der Waals surface area contributed by atoms with Crippen LogP contribution in [0.5, 0.6) is 0 Å². The standard InChI is InChI=1S/C17H16BrNO5S/c1-2-24-17(21)16(19(22)23)13(11-5-7-12(18)8-6-11)10-14(20)15-4-3-9-25-15/h3-9,13,16H,2,10H2,1H3. The van der Waals surface area contributed by atoms with E-state index < -0.39 is 22.9 Å². The molecule has 1 aromatic carbocycles. The molecule has 0 saturated heterocycles. The van der Waals surface area contributed by atoms with E-state index in [9.17, 15) is 19.7 Å². The van der Waals surface area contributed by atoms with Crippen molar-refractivity contribution in [3.05, 3.63) is 66.8 Å². The summed E-state index contributed by atoms with van der Waals surface area (Å²) in [6.07, 6.45) is -0.146. The summed E-state index contributed by atoms with van der Waals surface area (Å²) in [5.74, 6) is -2.07. The number of carbonyl (C=O) groups is 2. The highest BCUT2D eigenvalue weighted by molar-refractivity contribution is 9.10. The summed E-state index contributed by atoms with van der Waals surface area (Å²) < 4.78 is 5.66. The zero-order valence-corrected chi connectivity index (χ0v) is 15.8. The molecule has 1 aromatic heterocycles. The van der Waals surface area contributed by atoms with E-state index in [-0.39, 0.29) is 18.8 Å². The van der Waals surface area contributed by atoms with E-state index in [0.717, 1.165) is 4.47 Å². The van der Waals surface area contributed by atoms with Gasteiger partial charge in [0.25, 0.3) is 0 Å². The van der Waals surface area contributed by atoms with Crippen LogP contribution in [-0.2, 0) is 9.53 Å². The minimum absolute atomic E-state index is 0.0368. The first kappa shape index (κ1) is 19.3. The predicted octanol–water partition coefficient (Wildman–Crippen LogP) is 4.08. The van der Waals surface area contributed by atoms with E-state index in [1.54, 1.807) is 48.7 Å². The number of ketones is 1. The highest BCUT2D eigenvalue weighted by atomic mass is 79.9. The summed E-state index contributed by atoms with van der Waals surface area (Å²) in [4.78, 5) is 36.0. The molecule has 8 heteroatoms. The van der Waals surface area contributed by atoms with Crippen LogP contribution in [-0.4, -0.2) is 29.3 Å². The number of hydrogen-bond acceptors (Lipinski definition) is 6. The van der Waals surface area contributed by atoms with Crippen LogP contribution in [0.3, 0.4) is 0 Å². The molecule has 0 aliphatic heterocycles. The molecule has 0 spiro atoms. The molecular formula is C17H16BrNO5S. The molecule has 1 heterocycles. The lowest BCUT2D eigenvalue weighted by Crippen LogP contribution is -2.38. The molecule has 25 heavy (non-hydrogen) atoms. The van der Waals surface area contributed by atoms with Crippen molar-refractivity contribution >= 4 is 39.0 Å². The van der Waals surface area contributed by atoms with Gasteiger partial charge in [-0.05, 0) is 36.1 Å². The van der Waals surface area contributed by atoms with Gasteiger partial charge in [-0.25, -0.2) is 4.79 Å². The van der Waals surface area contributed by atoms with Crippen molar-refractivity contribution in [2.24, 2.45) is 0 Å². The predicted molar refractivity (Wildman–Crippen MR) is 97.6 cm³/mol. The van der Waals surface area contributed by atoms with Gasteiger partial charge in [0.15, 0.2) is 5.78 Å². The molecule has 2 aromatic rings. The van der Waals surface area contributed by atoms with Gasteiger partial charge in [0, 0.05) is 15.8 Å². The minimum Gasteiger partial charge on any atom is -0.461 e. The van der Waals surface area contributed by atoms with Gasteiger partial charge in [0.05, 0.1) is 17.4 Å². The first-order valence-electron chi connectivity index (χ1n) is 7.56. The highest BCUT2D eigenvalue weighted by Gasteiger charge is 2.42. The van der Waals surface area contributed by atoms with Crippen molar-refractivity contribution in [1.29, 1.82) is 0 Å². The van der Waals surface area contributed by atoms with Crippen LogP contribution < -0.4 is 0 Å². The van der Waals surface area contributed by atoms with E-state index in [4.69, 9.17) is 4.74 Å². The Balaban J connectivity index is 2.39. The third-order valence-corrected chi connectivity index (χ3v) is 5.08. The van der Waals surface area contributed by atoms with Gasteiger partial charge in [0.2, 0.25) is 0 Å². The Morgan fingerprint density at radius 1 is 1.28 bits per heavy atom. The maximum Gasteiger partial charge on any atom is 0.382 e. The highest BCUT2D eigenvalue weighted by Crippen LogP contribution is 2.30. The molecule has 2 rings (SSSR count). The lowest BCUT2D eigenvalue weighted by Gasteiger charge is -2.19. The second-order valence-corrected chi connectivity index (χ2v) is 7.11. The van der Waals surface area contributed by atoms with Crippen LogP contribution in [0, 0.1) is 10.1 Å². The molecule has 2 unspecified atom stereocenters. The van der Waals surface area contributed by atoms with E-state index in [1.165, 1.54) is 11.3 Å². The van der Waals surface area contributed by atoms with Crippen molar-refractivity contribution in [2.45, 2.75) is 25.3 Å². The number of halogens is 1.